The van der Waals surface area contributed by atoms with Crippen LogP contribution in [0.3, 0.4) is 0 Å². The number of aromatic nitrogens is 2. The summed E-state index contributed by atoms with van der Waals surface area (Å²) in [6.45, 7) is 1.81. The molecule has 0 radical (unpaired) electrons. The first-order chi connectivity index (χ1) is 19.2. The van der Waals surface area contributed by atoms with Gasteiger partial charge in [-0.1, -0.05) is 0 Å². The van der Waals surface area contributed by atoms with E-state index in [2.05, 4.69) is 5.18 Å². The minimum Gasteiger partial charge on any atom is -0.493 e. The predicted molar refractivity (Wildman–Crippen MR) is 143 cm³/mol. The summed E-state index contributed by atoms with van der Waals surface area (Å²) in [5.74, 6) is -2.82. The molecule has 11 nitrogen and oxygen atoms in total. The fourth-order valence-corrected chi connectivity index (χ4v) is 5.57. The maximum absolute atomic E-state index is 15.6. The highest BCUT2D eigenvalue weighted by Gasteiger charge is 2.32. The average molecular weight is 554 g/mol. The molecular formula is C27H25F2N5O6. The van der Waals surface area contributed by atoms with E-state index in [4.69, 9.17) is 4.74 Å². The Morgan fingerprint density at radius 1 is 1.12 bits per heavy atom. The number of aromatic hydroxyl groups is 1. The third kappa shape index (κ3) is 4.04. The lowest BCUT2D eigenvalue weighted by molar-refractivity contribution is 0.0694. The number of rotatable bonds is 7. The molecule has 0 atom stereocenters. The summed E-state index contributed by atoms with van der Waals surface area (Å²) in [6, 6.07) is 4.94. The number of nitroso groups, excluding NO2 is 1. The molecule has 13 heteroatoms. The van der Waals surface area contributed by atoms with E-state index in [0.717, 1.165) is 25.0 Å². The number of hydrogen-bond acceptors (Lipinski definition) is 8. The number of aromatic carboxylic acids is 1. The number of fused-ring (bicyclic) bond motifs is 2. The number of nitrogens with zero attached hydrogens (tertiary/aromatic N) is 5. The molecule has 2 aromatic carbocycles. The van der Waals surface area contributed by atoms with Gasteiger partial charge in [-0.15, -0.1) is 4.91 Å². The summed E-state index contributed by atoms with van der Waals surface area (Å²) in [4.78, 5) is 39.8. The second-order valence-corrected chi connectivity index (χ2v) is 10.1. The van der Waals surface area contributed by atoms with Gasteiger partial charge in [-0.2, -0.15) is 0 Å². The van der Waals surface area contributed by atoms with Gasteiger partial charge in [-0.3, -0.25) is 14.3 Å². The number of benzene rings is 2. The first-order valence-electron chi connectivity index (χ1n) is 12.7. The molecule has 2 aliphatic rings. The summed E-state index contributed by atoms with van der Waals surface area (Å²) in [6.07, 6.45) is 2.93. The molecule has 0 amide bonds. The third-order valence-corrected chi connectivity index (χ3v) is 7.67. The van der Waals surface area contributed by atoms with Crippen molar-refractivity contribution in [2.45, 2.75) is 25.6 Å². The van der Waals surface area contributed by atoms with Gasteiger partial charge in [0.05, 0.1) is 30.2 Å². The van der Waals surface area contributed by atoms with Crippen LogP contribution in [-0.4, -0.2) is 63.5 Å². The van der Waals surface area contributed by atoms with Crippen LogP contribution in [0.1, 0.15) is 29.2 Å². The summed E-state index contributed by atoms with van der Waals surface area (Å²) < 4.78 is 38.2. The number of hydrogen-bond donors (Lipinski definition) is 2. The fourth-order valence-electron chi connectivity index (χ4n) is 5.57. The number of carboxylic acid groups (broad SMARTS) is 1. The SMILES string of the molecule is COc1c(N2CCN(Cn3c(O)c(N=O)c4cc(F)ccc43)CC2)c(F)cc2c(=O)c(C(=O)O)cn(C3CC3)c12. The van der Waals surface area contributed by atoms with Crippen LogP contribution in [0.25, 0.3) is 21.8 Å². The van der Waals surface area contributed by atoms with Crippen molar-refractivity contribution < 1.29 is 28.5 Å². The molecule has 4 aromatic rings. The van der Waals surface area contributed by atoms with E-state index in [0.29, 0.717) is 37.2 Å². The molecule has 1 aliphatic heterocycles. The lowest BCUT2D eigenvalue weighted by Crippen LogP contribution is -2.47. The van der Waals surface area contributed by atoms with E-state index in [-0.39, 0.29) is 46.5 Å². The quantitative estimate of drug-likeness (QED) is 0.327. The molecule has 2 aromatic heterocycles. The summed E-state index contributed by atoms with van der Waals surface area (Å²) >= 11 is 0. The number of carboxylic acids is 1. The highest BCUT2D eigenvalue weighted by Crippen LogP contribution is 2.44. The van der Waals surface area contributed by atoms with Gasteiger partial charge in [0.15, 0.2) is 17.3 Å². The van der Waals surface area contributed by atoms with Crippen LogP contribution in [0, 0.1) is 16.5 Å². The maximum Gasteiger partial charge on any atom is 0.341 e. The van der Waals surface area contributed by atoms with Crippen molar-refractivity contribution in [2.24, 2.45) is 5.18 Å². The van der Waals surface area contributed by atoms with Gasteiger partial charge in [0.25, 0.3) is 0 Å². The molecule has 6 rings (SSSR count). The van der Waals surface area contributed by atoms with E-state index < -0.39 is 28.6 Å². The van der Waals surface area contributed by atoms with Crippen molar-refractivity contribution in [3.8, 4) is 11.6 Å². The van der Waals surface area contributed by atoms with Gasteiger partial charge in [-0.25, -0.2) is 13.6 Å². The lowest BCUT2D eigenvalue weighted by Gasteiger charge is -2.37. The number of pyridine rings is 1. The normalized spacial score (nSPS) is 16.1. The van der Waals surface area contributed by atoms with Crippen molar-refractivity contribution in [1.29, 1.82) is 0 Å². The first kappa shape index (κ1) is 25.7. The zero-order valence-corrected chi connectivity index (χ0v) is 21.4. The van der Waals surface area contributed by atoms with E-state index >= 15 is 4.39 Å². The number of piperazine rings is 1. The fraction of sp³-hybridized carbons (Fsp3) is 0.333. The largest absolute Gasteiger partial charge is 0.493 e. The van der Waals surface area contributed by atoms with Crippen LogP contribution >= 0.6 is 0 Å². The molecule has 1 saturated carbocycles. The lowest BCUT2D eigenvalue weighted by atomic mass is 10.1. The molecule has 208 valence electrons. The Hall–Kier alpha value is -4.52. The van der Waals surface area contributed by atoms with Crippen molar-refractivity contribution >= 4 is 39.1 Å². The summed E-state index contributed by atoms with van der Waals surface area (Å²) in [7, 11) is 1.39. The van der Waals surface area contributed by atoms with Crippen LogP contribution in [0.5, 0.6) is 11.6 Å². The van der Waals surface area contributed by atoms with Crippen LogP contribution < -0.4 is 15.1 Å². The average Bonchev–Trinajstić information content (AvgIpc) is 3.74. The van der Waals surface area contributed by atoms with Crippen molar-refractivity contribution in [3.05, 3.63) is 62.8 Å². The Balaban J connectivity index is 1.33. The predicted octanol–water partition coefficient (Wildman–Crippen LogP) is 4.16. The second kappa shape index (κ2) is 9.59. The van der Waals surface area contributed by atoms with Crippen LogP contribution in [0.15, 0.2) is 40.4 Å². The van der Waals surface area contributed by atoms with Crippen LogP contribution in [0.4, 0.5) is 20.2 Å². The summed E-state index contributed by atoms with van der Waals surface area (Å²) in [5.41, 5.74) is -0.414. The Bertz CT molecular complexity index is 1750. The van der Waals surface area contributed by atoms with Crippen molar-refractivity contribution in [1.82, 2.24) is 14.0 Å². The molecule has 3 heterocycles. The molecule has 2 N–H and O–H groups in total. The first-order valence-corrected chi connectivity index (χ1v) is 12.7. The van der Waals surface area contributed by atoms with E-state index in [1.54, 1.807) is 9.47 Å². The number of methoxy groups -OCH3 is 1. The molecule has 0 unspecified atom stereocenters. The van der Waals surface area contributed by atoms with Crippen molar-refractivity contribution in [2.75, 3.05) is 38.2 Å². The molecule has 1 aliphatic carbocycles. The summed E-state index contributed by atoms with van der Waals surface area (Å²) in [5, 5.41) is 23.2. The molecule has 0 bridgehead atoms. The number of halogens is 2. The number of carbonyl (C=O) groups is 1. The van der Waals surface area contributed by atoms with E-state index in [1.165, 1.54) is 30.0 Å². The monoisotopic (exact) mass is 553 g/mol. The van der Waals surface area contributed by atoms with E-state index in [1.807, 2.05) is 4.90 Å². The standard InChI is InChI=1S/C27H25F2N5O6/c1-40-25-22-17(24(35)18(27(37)38)12-33(22)15-3-4-15)11-19(29)23(25)32-8-6-31(7-9-32)13-34-20-5-2-14(28)10-16(20)21(30-39)26(34)36/h2,5,10-12,15,36H,3-4,6-9,13H2,1H3,(H,37,38). The van der Waals surface area contributed by atoms with Gasteiger partial charge >= 0.3 is 5.97 Å². The Morgan fingerprint density at radius 3 is 2.48 bits per heavy atom. The topological polar surface area (TPSA) is 130 Å². The highest BCUT2D eigenvalue weighted by molar-refractivity contribution is 5.97. The third-order valence-electron chi connectivity index (χ3n) is 7.67. The van der Waals surface area contributed by atoms with Crippen molar-refractivity contribution in [3.63, 3.8) is 0 Å². The Kier molecular flexibility index (Phi) is 6.17. The van der Waals surface area contributed by atoms with Crippen LogP contribution in [0.2, 0.25) is 0 Å². The van der Waals surface area contributed by atoms with Crippen LogP contribution in [-0.2, 0) is 6.67 Å². The Morgan fingerprint density at radius 2 is 1.85 bits per heavy atom. The van der Waals surface area contributed by atoms with Gasteiger partial charge < -0.3 is 24.4 Å². The highest BCUT2D eigenvalue weighted by atomic mass is 19.1. The Labute approximate surface area is 225 Å². The number of ether oxygens (including phenoxy) is 1. The minimum atomic E-state index is -1.37. The molecule has 0 spiro atoms. The molecule has 2 fully saturated rings. The zero-order valence-electron chi connectivity index (χ0n) is 21.4. The van der Waals surface area contributed by atoms with Gasteiger partial charge in [0.1, 0.15) is 17.1 Å². The van der Waals surface area contributed by atoms with Gasteiger partial charge in [0.2, 0.25) is 11.3 Å². The van der Waals surface area contributed by atoms with Gasteiger partial charge in [0, 0.05) is 43.8 Å². The molecular weight excluding hydrogens is 528 g/mol. The van der Waals surface area contributed by atoms with E-state index in [9.17, 15) is 29.1 Å². The van der Waals surface area contributed by atoms with Gasteiger partial charge in [-0.05, 0) is 42.3 Å². The minimum absolute atomic E-state index is 0.00597. The smallest absolute Gasteiger partial charge is 0.341 e. The molecule has 1 saturated heterocycles. The zero-order chi connectivity index (χ0) is 28.3. The number of anilines is 1. The molecule has 40 heavy (non-hydrogen) atoms. The maximum atomic E-state index is 15.6. The second-order valence-electron chi connectivity index (χ2n) is 10.1.